The van der Waals surface area contributed by atoms with Gasteiger partial charge in [0.15, 0.2) is 0 Å². The van der Waals surface area contributed by atoms with Crippen LogP contribution in [0.4, 0.5) is 0 Å². The van der Waals surface area contributed by atoms with Crippen molar-refractivity contribution in [1.29, 1.82) is 0 Å². The van der Waals surface area contributed by atoms with E-state index in [1.54, 1.807) is 11.0 Å². The van der Waals surface area contributed by atoms with Gasteiger partial charge in [-0.2, -0.15) is 5.10 Å². The van der Waals surface area contributed by atoms with Crippen molar-refractivity contribution in [2.24, 2.45) is 7.05 Å². The lowest BCUT2D eigenvalue weighted by Crippen LogP contribution is -2.21. The largest absolute Gasteiger partial charge is 0.337 e. The first kappa shape index (κ1) is 13.5. The molecule has 0 aliphatic carbocycles. The number of hydrogen-bond donors (Lipinski definition) is 1. The first-order chi connectivity index (χ1) is 10.2. The van der Waals surface area contributed by atoms with E-state index in [0.717, 1.165) is 18.1 Å². The summed E-state index contributed by atoms with van der Waals surface area (Å²) >= 11 is 0. The predicted octanol–water partition coefficient (Wildman–Crippen LogP) is 1.85. The zero-order chi connectivity index (χ0) is 14.7. The minimum atomic E-state index is 0.208. The Morgan fingerprint density at radius 2 is 2.05 bits per heavy atom. The number of nitrogens with zero attached hydrogens (tertiary/aromatic N) is 5. The second-order valence-electron chi connectivity index (χ2n) is 5.01. The smallest absolute Gasteiger partial charge is 0.138 e. The third-order valence-electron chi connectivity index (χ3n) is 3.48. The van der Waals surface area contributed by atoms with Crippen molar-refractivity contribution in [3.05, 3.63) is 60.7 Å². The maximum absolute atomic E-state index is 4.36. The minimum Gasteiger partial charge on any atom is -0.337 e. The Kier molecular flexibility index (Phi) is 3.79. The zero-order valence-corrected chi connectivity index (χ0v) is 12.1. The first-order valence-electron chi connectivity index (χ1n) is 6.88. The van der Waals surface area contributed by atoms with Gasteiger partial charge in [-0.05, 0) is 24.6 Å². The average Bonchev–Trinajstić information content (AvgIpc) is 3.16. The first-order valence-corrected chi connectivity index (χ1v) is 6.88. The number of hydrogen-bond acceptors (Lipinski definition) is 4. The molecule has 0 saturated carbocycles. The molecule has 1 atom stereocenters. The molecule has 1 aromatic carbocycles. The maximum atomic E-state index is 4.36. The van der Waals surface area contributed by atoms with Crippen LogP contribution in [0.25, 0.3) is 5.69 Å². The van der Waals surface area contributed by atoms with Gasteiger partial charge in [-0.3, -0.25) is 0 Å². The fourth-order valence-electron chi connectivity index (χ4n) is 2.26. The van der Waals surface area contributed by atoms with E-state index < -0.39 is 0 Å². The molecule has 0 amide bonds. The molecule has 2 aromatic heterocycles. The van der Waals surface area contributed by atoms with Crippen molar-refractivity contribution >= 4 is 0 Å². The molecule has 0 aliphatic rings. The van der Waals surface area contributed by atoms with Crippen LogP contribution in [0.3, 0.4) is 0 Å². The van der Waals surface area contributed by atoms with Crippen LogP contribution in [0, 0.1) is 0 Å². The minimum absolute atomic E-state index is 0.208. The Morgan fingerprint density at radius 1 is 1.24 bits per heavy atom. The van der Waals surface area contributed by atoms with E-state index in [1.807, 2.05) is 36.1 Å². The Hall–Kier alpha value is -2.47. The van der Waals surface area contributed by atoms with Crippen LogP contribution in [-0.4, -0.2) is 24.3 Å². The summed E-state index contributed by atoms with van der Waals surface area (Å²) in [5.74, 6) is 1.04. The van der Waals surface area contributed by atoms with Gasteiger partial charge < -0.3 is 9.88 Å². The van der Waals surface area contributed by atoms with E-state index in [0.29, 0.717) is 0 Å². The van der Waals surface area contributed by atoms with Crippen LogP contribution in [0.1, 0.15) is 24.4 Å². The van der Waals surface area contributed by atoms with Crippen LogP contribution in [0.5, 0.6) is 0 Å². The van der Waals surface area contributed by atoms with Gasteiger partial charge in [-0.1, -0.05) is 12.1 Å². The average molecular weight is 282 g/mol. The summed E-state index contributed by atoms with van der Waals surface area (Å²) < 4.78 is 3.78. The number of aryl methyl sites for hydroxylation is 1. The van der Waals surface area contributed by atoms with Crippen LogP contribution in [-0.2, 0) is 13.6 Å². The Bertz CT molecular complexity index is 683. The van der Waals surface area contributed by atoms with Crippen LogP contribution >= 0.6 is 0 Å². The molecule has 108 valence electrons. The van der Waals surface area contributed by atoms with Gasteiger partial charge in [0.05, 0.1) is 11.7 Å². The van der Waals surface area contributed by atoms with Crippen LogP contribution in [0.2, 0.25) is 0 Å². The zero-order valence-electron chi connectivity index (χ0n) is 12.1. The lowest BCUT2D eigenvalue weighted by atomic mass is 10.2. The molecule has 0 saturated heterocycles. The van der Waals surface area contributed by atoms with Gasteiger partial charge >= 0.3 is 0 Å². The summed E-state index contributed by atoms with van der Waals surface area (Å²) in [5, 5.41) is 7.59. The molecule has 21 heavy (non-hydrogen) atoms. The highest BCUT2D eigenvalue weighted by atomic mass is 15.3. The van der Waals surface area contributed by atoms with Gasteiger partial charge in [0.2, 0.25) is 0 Å². The fraction of sp³-hybridized carbons (Fsp3) is 0.267. The van der Waals surface area contributed by atoms with Crippen molar-refractivity contribution in [3.63, 3.8) is 0 Å². The van der Waals surface area contributed by atoms with E-state index >= 15 is 0 Å². The summed E-state index contributed by atoms with van der Waals surface area (Å²) in [5.41, 5.74) is 2.23. The SMILES string of the molecule is CC(NCc1ccc(-n2cncn2)cc1)c1nccn1C. The second kappa shape index (κ2) is 5.88. The third kappa shape index (κ3) is 3.00. The maximum Gasteiger partial charge on any atom is 0.138 e. The monoisotopic (exact) mass is 282 g/mol. The molecule has 1 N–H and O–H groups in total. The summed E-state index contributed by atoms with van der Waals surface area (Å²) in [6.45, 7) is 2.91. The summed E-state index contributed by atoms with van der Waals surface area (Å²) in [7, 11) is 2.01. The Balaban J connectivity index is 1.62. The van der Waals surface area contributed by atoms with Gasteiger partial charge in [0.25, 0.3) is 0 Å². The number of nitrogens with one attached hydrogen (secondary N) is 1. The fourth-order valence-corrected chi connectivity index (χ4v) is 2.26. The molecule has 0 spiro atoms. The number of rotatable bonds is 5. The van der Waals surface area contributed by atoms with E-state index in [-0.39, 0.29) is 6.04 Å². The van der Waals surface area contributed by atoms with E-state index in [4.69, 9.17) is 0 Å². The van der Waals surface area contributed by atoms with Gasteiger partial charge in [0.1, 0.15) is 18.5 Å². The molecular weight excluding hydrogens is 264 g/mol. The van der Waals surface area contributed by atoms with Crippen molar-refractivity contribution in [1.82, 2.24) is 29.6 Å². The molecule has 3 rings (SSSR count). The quantitative estimate of drug-likeness (QED) is 0.776. The number of benzene rings is 1. The molecule has 0 fully saturated rings. The molecule has 6 heteroatoms. The molecule has 1 unspecified atom stereocenters. The van der Waals surface area contributed by atoms with Crippen molar-refractivity contribution in [2.45, 2.75) is 19.5 Å². The van der Waals surface area contributed by atoms with E-state index in [1.165, 1.54) is 11.9 Å². The molecule has 0 bridgehead atoms. The molecule has 0 aliphatic heterocycles. The highest BCUT2D eigenvalue weighted by Crippen LogP contribution is 2.11. The number of aromatic nitrogens is 5. The van der Waals surface area contributed by atoms with Crippen LogP contribution < -0.4 is 5.32 Å². The normalized spacial score (nSPS) is 12.5. The molecule has 3 aromatic rings. The second-order valence-corrected chi connectivity index (χ2v) is 5.01. The van der Waals surface area contributed by atoms with Crippen molar-refractivity contribution in [2.75, 3.05) is 0 Å². The molecule has 2 heterocycles. The summed E-state index contributed by atoms with van der Waals surface area (Å²) in [6, 6.07) is 8.47. The third-order valence-corrected chi connectivity index (χ3v) is 3.48. The standard InChI is InChI=1S/C15H18N6/c1-12(15-17-7-8-20(15)2)18-9-13-3-5-14(6-4-13)21-11-16-10-19-21/h3-8,10-12,18H,9H2,1-2H3. The van der Waals surface area contributed by atoms with Crippen LogP contribution in [0.15, 0.2) is 49.3 Å². The lowest BCUT2D eigenvalue weighted by molar-refractivity contribution is 0.530. The highest BCUT2D eigenvalue weighted by Gasteiger charge is 2.09. The summed E-state index contributed by atoms with van der Waals surface area (Å²) in [4.78, 5) is 8.31. The van der Waals surface area contributed by atoms with Gasteiger partial charge in [0, 0.05) is 26.0 Å². The van der Waals surface area contributed by atoms with E-state index in [2.05, 4.69) is 39.4 Å². The van der Waals surface area contributed by atoms with Crippen molar-refractivity contribution < 1.29 is 0 Å². The molecule has 0 radical (unpaired) electrons. The highest BCUT2D eigenvalue weighted by molar-refractivity contribution is 5.33. The number of imidazole rings is 1. The molecule has 6 nitrogen and oxygen atoms in total. The van der Waals surface area contributed by atoms with Gasteiger partial charge in [-0.15, -0.1) is 0 Å². The lowest BCUT2D eigenvalue weighted by Gasteiger charge is -2.14. The van der Waals surface area contributed by atoms with Gasteiger partial charge in [-0.25, -0.2) is 14.6 Å². The Labute approximate surface area is 123 Å². The topological polar surface area (TPSA) is 60.6 Å². The van der Waals surface area contributed by atoms with Crippen molar-refractivity contribution in [3.8, 4) is 5.69 Å². The Morgan fingerprint density at radius 3 is 2.67 bits per heavy atom. The van der Waals surface area contributed by atoms with E-state index in [9.17, 15) is 0 Å². The predicted molar refractivity (Wildman–Crippen MR) is 79.8 cm³/mol. The molecular formula is C15H18N6. The summed E-state index contributed by atoms with van der Waals surface area (Å²) in [6.07, 6.45) is 7.00.